The van der Waals surface area contributed by atoms with Gasteiger partial charge in [-0.3, -0.25) is 0 Å². The second-order valence-corrected chi connectivity index (χ2v) is 6.26. The van der Waals surface area contributed by atoms with Gasteiger partial charge in [0.2, 0.25) is 0 Å². The number of hydrogen-bond donors (Lipinski definition) is 1. The summed E-state index contributed by atoms with van der Waals surface area (Å²) in [7, 11) is 0. The Morgan fingerprint density at radius 3 is 2.75 bits per heavy atom. The van der Waals surface area contributed by atoms with Crippen LogP contribution < -0.4 is 10.6 Å². The van der Waals surface area contributed by atoms with Crippen molar-refractivity contribution in [3.05, 3.63) is 52.4 Å². The fourth-order valence-corrected chi connectivity index (χ4v) is 3.16. The van der Waals surface area contributed by atoms with Gasteiger partial charge >= 0.3 is 0 Å². The second kappa shape index (κ2) is 5.58. The smallest absolute Gasteiger partial charge is 0.123 e. The van der Waals surface area contributed by atoms with Gasteiger partial charge in [0.1, 0.15) is 10.7 Å². The predicted molar refractivity (Wildman–Crippen MR) is 87.9 cm³/mol. The van der Waals surface area contributed by atoms with Crippen LogP contribution in [0.5, 0.6) is 0 Å². The molecule has 3 nitrogen and oxygen atoms in total. The van der Waals surface area contributed by atoms with Crippen molar-refractivity contribution in [1.29, 1.82) is 0 Å². The molecule has 104 valence electrons. The van der Waals surface area contributed by atoms with E-state index in [-0.39, 0.29) is 0 Å². The average Bonchev–Trinajstić information content (AvgIpc) is 3.12. The molecule has 2 aromatic rings. The Bertz CT molecular complexity index is 623. The van der Waals surface area contributed by atoms with Crippen molar-refractivity contribution in [2.45, 2.75) is 25.4 Å². The van der Waals surface area contributed by atoms with Gasteiger partial charge < -0.3 is 15.1 Å². The summed E-state index contributed by atoms with van der Waals surface area (Å²) >= 11 is 8.58. The first-order valence-electron chi connectivity index (χ1n) is 6.53. The molecule has 1 heterocycles. The van der Waals surface area contributed by atoms with Crippen LogP contribution in [-0.2, 0) is 6.54 Å². The number of benzene rings is 1. The SMILES string of the molecule is NC(=S)c1ccc(N(Cc2ccco2)C2CC2)cc1Br. The highest BCUT2D eigenvalue weighted by Gasteiger charge is 2.30. The van der Waals surface area contributed by atoms with E-state index >= 15 is 0 Å². The third-order valence-corrected chi connectivity index (χ3v) is 4.32. The van der Waals surface area contributed by atoms with Crippen LogP contribution in [0.3, 0.4) is 0 Å². The summed E-state index contributed by atoms with van der Waals surface area (Å²) in [6.45, 7) is 0.788. The minimum absolute atomic E-state index is 0.410. The van der Waals surface area contributed by atoms with Gasteiger partial charge in [-0.2, -0.15) is 0 Å². The van der Waals surface area contributed by atoms with Crippen molar-refractivity contribution in [2.24, 2.45) is 5.73 Å². The summed E-state index contributed by atoms with van der Waals surface area (Å²) in [6.07, 6.45) is 4.18. The van der Waals surface area contributed by atoms with Gasteiger partial charge in [-0.15, -0.1) is 0 Å². The van der Waals surface area contributed by atoms with E-state index < -0.39 is 0 Å². The van der Waals surface area contributed by atoms with E-state index in [4.69, 9.17) is 22.4 Å². The van der Waals surface area contributed by atoms with Gasteiger partial charge in [0.15, 0.2) is 0 Å². The number of thiocarbonyl (C=S) groups is 1. The topological polar surface area (TPSA) is 42.4 Å². The lowest BCUT2D eigenvalue weighted by Crippen LogP contribution is -2.25. The minimum atomic E-state index is 0.410. The molecule has 0 unspecified atom stereocenters. The number of nitrogens with zero attached hydrogens (tertiary/aromatic N) is 1. The molecule has 1 aromatic heterocycles. The summed E-state index contributed by atoms with van der Waals surface area (Å²) in [6, 6.07) is 10.7. The lowest BCUT2D eigenvalue weighted by molar-refractivity contribution is 0.501. The molecule has 5 heteroatoms. The van der Waals surface area contributed by atoms with Crippen molar-refractivity contribution in [3.8, 4) is 0 Å². The highest BCUT2D eigenvalue weighted by molar-refractivity contribution is 9.10. The van der Waals surface area contributed by atoms with Crippen LogP contribution in [0.15, 0.2) is 45.5 Å². The van der Waals surface area contributed by atoms with Crippen LogP contribution in [-0.4, -0.2) is 11.0 Å². The number of rotatable bonds is 5. The zero-order chi connectivity index (χ0) is 14.1. The lowest BCUT2D eigenvalue weighted by Gasteiger charge is -2.24. The quantitative estimate of drug-likeness (QED) is 0.831. The molecular formula is C15H15BrN2OS. The van der Waals surface area contributed by atoms with Crippen molar-refractivity contribution in [3.63, 3.8) is 0 Å². The maximum Gasteiger partial charge on any atom is 0.123 e. The molecule has 0 spiro atoms. The van der Waals surface area contributed by atoms with Crippen LogP contribution in [0.25, 0.3) is 0 Å². The zero-order valence-electron chi connectivity index (χ0n) is 10.9. The first-order chi connectivity index (χ1) is 9.65. The Morgan fingerprint density at radius 1 is 1.40 bits per heavy atom. The number of furan rings is 1. The standard InChI is InChI=1S/C15H15BrN2OS/c16-14-8-11(5-6-13(14)15(17)20)18(10-3-4-10)9-12-2-1-7-19-12/h1-2,5-8,10H,3-4,9H2,(H2,17,20). The van der Waals surface area contributed by atoms with Crippen LogP contribution in [0.1, 0.15) is 24.2 Å². The Morgan fingerprint density at radius 2 is 2.20 bits per heavy atom. The van der Waals surface area contributed by atoms with Gasteiger partial charge in [0.25, 0.3) is 0 Å². The molecule has 1 aliphatic carbocycles. The van der Waals surface area contributed by atoms with E-state index in [1.54, 1.807) is 6.26 Å². The van der Waals surface area contributed by atoms with Crippen molar-refractivity contribution >= 4 is 38.8 Å². The molecule has 1 aliphatic rings. The van der Waals surface area contributed by atoms with Gasteiger partial charge in [-0.1, -0.05) is 12.2 Å². The molecule has 1 fully saturated rings. The number of anilines is 1. The molecule has 1 aromatic carbocycles. The Balaban J connectivity index is 1.88. The Labute approximate surface area is 131 Å². The first-order valence-corrected chi connectivity index (χ1v) is 7.73. The minimum Gasteiger partial charge on any atom is -0.467 e. The molecule has 0 saturated heterocycles. The molecule has 0 bridgehead atoms. The van der Waals surface area contributed by atoms with E-state index in [0.717, 1.165) is 28.0 Å². The number of nitrogens with two attached hydrogens (primary N) is 1. The summed E-state index contributed by atoms with van der Waals surface area (Å²) in [5.41, 5.74) is 7.73. The fraction of sp³-hybridized carbons (Fsp3) is 0.267. The monoisotopic (exact) mass is 350 g/mol. The van der Waals surface area contributed by atoms with Crippen molar-refractivity contribution < 1.29 is 4.42 Å². The molecule has 0 amide bonds. The molecule has 0 radical (unpaired) electrons. The second-order valence-electron chi connectivity index (χ2n) is 4.97. The van der Waals surface area contributed by atoms with E-state index in [2.05, 4.69) is 33.0 Å². The largest absolute Gasteiger partial charge is 0.467 e. The van der Waals surface area contributed by atoms with E-state index in [1.165, 1.54) is 12.8 Å². The summed E-state index contributed by atoms with van der Waals surface area (Å²) < 4.78 is 6.40. The highest BCUT2D eigenvalue weighted by atomic mass is 79.9. The van der Waals surface area contributed by atoms with E-state index in [9.17, 15) is 0 Å². The summed E-state index contributed by atoms with van der Waals surface area (Å²) in [4.78, 5) is 2.78. The number of hydrogen-bond acceptors (Lipinski definition) is 3. The van der Waals surface area contributed by atoms with Gasteiger partial charge in [0.05, 0.1) is 12.8 Å². The maximum absolute atomic E-state index is 5.70. The summed E-state index contributed by atoms with van der Waals surface area (Å²) in [5.74, 6) is 0.978. The molecule has 1 saturated carbocycles. The van der Waals surface area contributed by atoms with Crippen LogP contribution in [0.4, 0.5) is 5.69 Å². The van der Waals surface area contributed by atoms with Gasteiger partial charge in [0, 0.05) is 21.8 Å². The van der Waals surface area contributed by atoms with Crippen molar-refractivity contribution in [1.82, 2.24) is 0 Å². The summed E-state index contributed by atoms with van der Waals surface area (Å²) in [5, 5.41) is 0. The van der Waals surface area contributed by atoms with E-state index in [1.807, 2.05) is 18.2 Å². The molecule has 2 N–H and O–H groups in total. The average molecular weight is 351 g/mol. The number of halogens is 1. The Hall–Kier alpha value is -1.33. The van der Waals surface area contributed by atoms with Gasteiger partial charge in [-0.05, 0) is 59.1 Å². The van der Waals surface area contributed by atoms with Gasteiger partial charge in [-0.25, -0.2) is 0 Å². The van der Waals surface area contributed by atoms with Crippen LogP contribution in [0, 0.1) is 0 Å². The van der Waals surface area contributed by atoms with Crippen LogP contribution >= 0.6 is 28.1 Å². The Kier molecular flexibility index (Phi) is 3.81. The fourth-order valence-electron chi connectivity index (χ4n) is 2.27. The normalized spacial score (nSPS) is 14.2. The first kappa shape index (κ1) is 13.6. The highest BCUT2D eigenvalue weighted by Crippen LogP contribution is 2.35. The molecular weight excluding hydrogens is 336 g/mol. The third-order valence-electron chi connectivity index (χ3n) is 3.44. The molecule has 20 heavy (non-hydrogen) atoms. The molecule has 0 aliphatic heterocycles. The third kappa shape index (κ3) is 2.88. The zero-order valence-corrected chi connectivity index (χ0v) is 13.3. The molecule has 0 atom stereocenters. The lowest BCUT2D eigenvalue weighted by atomic mass is 10.2. The predicted octanol–water partition coefficient (Wildman–Crippen LogP) is 3.85. The molecule has 3 rings (SSSR count). The van der Waals surface area contributed by atoms with E-state index in [0.29, 0.717) is 11.0 Å². The van der Waals surface area contributed by atoms with Crippen LogP contribution in [0.2, 0.25) is 0 Å². The van der Waals surface area contributed by atoms with Crippen molar-refractivity contribution in [2.75, 3.05) is 4.90 Å². The maximum atomic E-state index is 5.70.